The number of methoxy groups -OCH3 is 1. The molecule has 3 nitrogen and oxygen atoms in total. The fourth-order valence-electron chi connectivity index (χ4n) is 1.96. The lowest BCUT2D eigenvalue weighted by molar-refractivity contribution is 0.0988. The second-order valence-corrected chi connectivity index (χ2v) is 6.54. The van der Waals surface area contributed by atoms with Gasteiger partial charge in [-0.3, -0.25) is 4.79 Å². The molecule has 1 saturated heterocycles. The fourth-order valence-corrected chi connectivity index (χ4v) is 3.58. The van der Waals surface area contributed by atoms with Gasteiger partial charge in [0.25, 0.3) is 0 Å². The molecule has 1 aromatic rings. The molecule has 0 saturated carbocycles. The van der Waals surface area contributed by atoms with Gasteiger partial charge >= 0.3 is 0 Å². The Labute approximate surface area is 126 Å². The minimum Gasteiger partial charge on any atom is -0.496 e. The molecule has 0 aliphatic carbocycles. The SMILES string of the molecule is COc1ccc(C(=O)CSC2CCOCC2)cc1Br. The lowest BCUT2D eigenvalue weighted by Gasteiger charge is -2.21. The third-order valence-electron chi connectivity index (χ3n) is 3.09. The number of ketones is 1. The van der Waals surface area contributed by atoms with Gasteiger partial charge in [0.1, 0.15) is 5.75 Å². The molecule has 5 heteroatoms. The van der Waals surface area contributed by atoms with Gasteiger partial charge in [-0.15, -0.1) is 0 Å². The first-order valence-electron chi connectivity index (χ1n) is 6.27. The summed E-state index contributed by atoms with van der Waals surface area (Å²) in [7, 11) is 1.61. The van der Waals surface area contributed by atoms with Crippen LogP contribution in [-0.2, 0) is 4.74 Å². The van der Waals surface area contributed by atoms with Gasteiger partial charge < -0.3 is 9.47 Å². The highest BCUT2D eigenvalue weighted by Gasteiger charge is 2.16. The predicted molar refractivity (Wildman–Crippen MR) is 81.3 cm³/mol. The van der Waals surface area contributed by atoms with Gasteiger partial charge in [-0.2, -0.15) is 11.8 Å². The van der Waals surface area contributed by atoms with Gasteiger partial charge in [0.2, 0.25) is 0 Å². The van der Waals surface area contributed by atoms with Crippen molar-refractivity contribution in [3.63, 3.8) is 0 Å². The Morgan fingerprint density at radius 2 is 2.21 bits per heavy atom. The van der Waals surface area contributed by atoms with Crippen molar-refractivity contribution in [2.24, 2.45) is 0 Å². The molecule has 1 aliphatic rings. The first-order chi connectivity index (χ1) is 9.20. The van der Waals surface area contributed by atoms with Crippen LogP contribution in [0.2, 0.25) is 0 Å². The molecule has 2 rings (SSSR count). The smallest absolute Gasteiger partial charge is 0.172 e. The number of benzene rings is 1. The van der Waals surface area contributed by atoms with Crippen molar-refractivity contribution in [3.05, 3.63) is 28.2 Å². The van der Waals surface area contributed by atoms with Crippen molar-refractivity contribution in [3.8, 4) is 5.75 Å². The minimum absolute atomic E-state index is 0.167. The molecule has 0 amide bonds. The van der Waals surface area contributed by atoms with Crippen LogP contribution in [0.15, 0.2) is 22.7 Å². The zero-order valence-corrected chi connectivity index (χ0v) is 13.3. The second-order valence-electron chi connectivity index (χ2n) is 4.40. The Balaban J connectivity index is 1.90. The van der Waals surface area contributed by atoms with E-state index in [0.717, 1.165) is 41.8 Å². The van der Waals surface area contributed by atoms with Crippen LogP contribution in [0, 0.1) is 0 Å². The summed E-state index contributed by atoms with van der Waals surface area (Å²) < 4.78 is 11.3. The maximum absolute atomic E-state index is 12.1. The van der Waals surface area contributed by atoms with Crippen molar-refractivity contribution < 1.29 is 14.3 Å². The molecule has 1 aromatic carbocycles. The molecule has 19 heavy (non-hydrogen) atoms. The molecule has 0 aromatic heterocycles. The Kier molecular flexibility index (Phi) is 5.73. The summed E-state index contributed by atoms with van der Waals surface area (Å²) in [6, 6.07) is 5.46. The number of carbonyl (C=O) groups is 1. The quantitative estimate of drug-likeness (QED) is 0.765. The first-order valence-corrected chi connectivity index (χ1v) is 8.11. The number of carbonyl (C=O) groups excluding carboxylic acids is 1. The van der Waals surface area contributed by atoms with E-state index in [9.17, 15) is 4.79 Å². The lowest BCUT2D eigenvalue weighted by atomic mass is 10.1. The van der Waals surface area contributed by atoms with E-state index in [2.05, 4.69) is 15.9 Å². The van der Waals surface area contributed by atoms with Gasteiger partial charge in [0.15, 0.2) is 5.78 Å². The highest BCUT2D eigenvalue weighted by molar-refractivity contribution is 9.10. The molecule has 0 bridgehead atoms. The summed E-state index contributed by atoms with van der Waals surface area (Å²) in [5, 5.41) is 0.555. The van der Waals surface area contributed by atoms with Crippen LogP contribution in [0.5, 0.6) is 5.75 Å². The number of thioether (sulfide) groups is 1. The summed E-state index contributed by atoms with van der Waals surface area (Å²) in [4.78, 5) is 12.1. The van der Waals surface area contributed by atoms with Crippen LogP contribution in [0.4, 0.5) is 0 Å². The summed E-state index contributed by atoms with van der Waals surface area (Å²) in [6.45, 7) is 1.64. The zero-order valence-electron chi connectivity index (χ0n) is 10.9. The van der Waals surface area contributed by atoms with Crippen molar-refractivity contribution in [2.75, 3.05) is 26.1 Å². The van der Waals surface area contributed by atoms with E-state index < -0.39 is 0 Å². The normalized spacial score (nSPS) is 16.3. The monoisotopic (exact) mass is 344 g/mol. The van der Waals surface area contributed by atoms with Crippen LogP contribution in [0.25, 0.3) is 0 Å². The number of hydrogen-bond acceptors (Lipinski definition) is 4. The van der Waals surface area contributed by atoms with E-state index in [1.165, 1.54) is 0 Å². The molecule has 1 aliphatic heterocycles. The molecule has 1 heterocycles. The highest BCUT2D eigenvalue weighted by atomic mass is 79.9. The van der Waals surface area contributed by atoms with Gasteiger partial charge in [-0.05, 0) is 47.0 Å². The van der Waals surface area contributed by atoms with E-state index in [1.807, 2.05) is 18.2 Å². The molecule has 0 N–H and O–H groups in total. The average molecular weight is 345 g/mol. The highest BCUT2D eigenvalue weighted by Crippen LogP contribution is 2.27. The van der Waals surface area contributed by atoms with E-state index >= 15 is 0 Å². The standard InChI is InChI=1S/C14H17BrO3S/c1-17-14-3-2-10(8-12(14)15)13(16)9-19-11-4-6-18-7-5-11/h2-3,8,11H,4-7,9H2,1H3. The number of halogens is 1. The van der Waals surface area contributed by atoms with Gasteiger partial charge in [-0.25, -0.2) is 0 Å². The topological polar surface area (TPSA) is 35.5 Å². The number of Topliss-reactive ketones (excluding diaryl/α,β-unsaturated/α-hetero) is 1. The Hall–Kier alpha value is -0.520. The first kappa shape index (κ1) is 14.9. The van der Waals surface area contributed by atoms with E-state index in [4.69, 9.17) is 9.47 Å². The maximum atomic E-state index is 12.1. The second kappa shape index (κ2) is 7.31. The summed E-state index contributed by atoms with van der Waals surface area (Å²) in [6.07, 6.45) is 2.09. The zero-order chi connectivity index (χ0) is 13.7. The van der Waals surface area contributed by atoms with E-state index in [-0.39, 0.29) is 5.78 Å². The van der Waals surface area contributed by atoms with Crippen molar-refractivity contribution in [1.29, 1.82) is 0 Å². The molecule has 0 unspecified atom stereocenters. The van der Waals surface area contributed by atoms with Gasteiger partial charge in [-0.1, -0.05) is 0 Å². The Morgan fingerprint density at radius 3 is 2.84 bits per heavy atom. The largest absolute Gasteiger partial charge is 0.496 e. The van der Waals surface area contributed by atoms with Crippen molar-refractivity contribution in [1.82, 2.24) is 0 Å². The minimum atomic E-state index is 0.167. The Bertz CT molecular complexity index is 444. The van der Waals surface area contributed by atoms with E-state index in [1.54, 1.807) is 18.9 Å². The van der Waals surface area contributed by atoms with Crippen molar-refractivity contribution >= 4 is 33.5 Å². The maximum Gasteiger partial charge on any atom is 0.172 e. The summed E-state index contributed by atoms with van der Waals surface area (Å²) >= 11 is 5.14. The lowest BCUT2D eigenvalue weighted by Crippen LogP contribution is -2.19. The molecule has 104 valence electrons. The predicted octanol–water partition coefficient (Wildman–Crippen LogP) is 3.55. The van der Waals surface area contributed by atoms with Gasteiger partial charge in [0.05, 0.1) is 17.3 Å². The molecule has 0 spiro atoms. The van der Waals surface area contributed by atoms with Crippen LogP contribution >= 0.6 is 27.7 Å². The van der Waals surface area contributed by atoms with Gasteiger partial charge in [0, 0.05) is 24.0 Å². The average Bonchev–Trinajstić information content (AvgIpc) is 2.45. The molecule has 0 radical (unpaired) electrons. The van der Waals surface area contributed by atoms with Crippen LogP contribution in [0.3, 0.4) is 0 Å². The van der Waals surface area contributed by atoms with Crippen LogP contribution < -0.4 is 4.74 Å². The van der Waals surface area contributed by atoms with Crippen molar-refractivity contribution in [2.45, 2.75) is 18.1 Å². The van der Waals surface area contributed by atoms with E-state index in [0.29, 0.717) is 11.0 Å². The summed E-state index contributed by atoms with van der Waals surface area (Å²) in [5.74, 6) is 1.44. The molecule has 0 atom stereocenters. The van der Waals surface area contributed by atoms with Crippen LogP contribution in [-0.4, -0.2) is 37.1 Å². The molecular formula is C14H17BrO3S. The third-order valence-corrected chi connectivity index (χ3v) is 5.08. The third kappa shape index (κ3) is 4.23. The fraction of sp³-hybridized carbons (Fsp3) is 0.500. The van der Waals surface area contributed by atoms with Crippen LogP contribution in [0.1, 0.15) is 23.2 Å². The number of rotatable bonds is 5. The molecule has 1 fully saturated rings. The number of hydrogen-bond donors (Lipinski definition) is 0. The Morgan fingerprint density at radius 1 is 1.47 bits per heavy atom. The summed E-state index contributed by atoms with van der Waals surface area (Å²) in [5.41, 5.74) is 0.729. The molecular weight excluding hydrogens is 328 g/mol. The number of ether oxygens (including phenoxy) is 2.